The summed E-state index contributed by atoms with van der Waals surface area (Å²) in [6, 6.07) is 5.89. The highest BCUT2D eigenvalue weighted by molar-refractivity contribution is 5.26. The smallest absolute Gasteiger partial charge is 0.396 e. The van der Waals surface area contributed by atoms with Crippen molar-refractivity contribution >= 4 is 0 Å². The highest BCUT2D eigenvalue weighted by atomic mass is 19.4. The Bertz CT molecular complexity index is 572. The van der Waals surface area contributed by atoms with E-state index in [1.807, 2.05) is 0 Å². The average molecular weight is 347 g/mol. The topological polar surface area (TPSA) is 41.5 Å². The van der Waals surface area contributed by atoms with E-state index in [1.165, 1.54) is 18.2 Å². The van der Waals surface area contributed by atoms with Crippen molar-refractivity contribution in [1.29, 1.82) is 0 Å². The summed E-state index contributed by atoms with van der Waals surface area (Å²) in [5.41, 5.74) is -0.442. The van der Waals surface area contributed by atoms with Gasteiger partial charge in [0, 0.05) is 5.92 Å². The Morgan fingerprint density at radius 3 is 2.50 bits per heavy atom. The molecule has 3 nitrogen and oxygen atoms in total. The number of alkyl halides is 3. The molecule has 1 aromatic carbocycles. The molecule has 1 spiro atoms. The average Bonchev–Trinajstić information content (AvgIpc) is 2.86. The van der Waals surface area contributed by atoms with Gasteiger partial charge in [0.1, 0.15) is 11.7 Å². The van der Waals surface area contributed by atoms with Crippen molar-refractivity contribution in [1.82, 2.24) is 5.32 Å². The molecular formula is C17H21F4NO2. The van der Waals surface area contributed by atoms with E-state index in [2.05, 4.69) is 5.32 Å². The maximum atomic E-state index is 14.2. The first kappa shape index (κ1) is 17.6. The summed E-state index contributed by atoms with van der Waals surface area (Å²) in [5.74, 6) is -3.26. The van der Waals surface area contributed by atoms with Crippen molar-refractivity contribution in [2.24, 2.45) is 5.92 Å². The Kier molecular flexibility index (Phi) is 4.86. The van der Waals surface area contributed by atoms with Gasteiger partial charge in [0.2, 0.25) is 0 Å². The number of hydrogen-bond acceptors (Lipinski definition) is 3. The Morgan fingerprint density at radius 1 is 1.25 bits per heavy atom. The quantitative estimate of drug-likeness (QED) is 0.826. The van der Waals surface area contributed by atoms with Crippen LogP contribution in [0.2, 0.25) is 0 Å². The van der Waals surface area contributed by atoms with Crippen LogP contribution in [-0.2, 0) is 4.74 Å². The largest absolute Gasteiger partial charge is 0.396 e. The Morgan fingerprint density at radius 2 is 1.92 bits per heavy atom. The van der Waals surface area contributed by atoms with E-state index in [0.29, 0.717) is 32.4 Å². The maximum absolute atomic E-state index is 14.2. The molecule has 24 heavy (non-hydrogen) atoms. The molecule has 2 heterocycles. The van der Waals surface area contributed by atoms with Crippen LogP contribution in [0.3, 0.4) is 0 Å². The summed E-state index contributed by atoms with van der Waals surface area (Å²) in [7, 11) is 0. The summed E-state index contributed by atoms with van der Waals surface area (Å²) < 4.78 is 60.2. The number of aliphatic hydroxyl groups excluding tert-OH is 1. The Balaban J connectivity index is 1.97. The zero-order valence-corrected chi connectivity index (χ0v) is 13.2. The summed E-state index contributed by atoms with van der Waals surface area (Å²) >= 11 is 0. The summed E-state index contributed by atoms with van der Waals surface area (Å²) in [6.07, 6.45) is -4.35. The minimum atomic E-state index is -4.60. The van der Waals surface area contributed by atoms with Gasteiger partial charge in [-0.2, -0.15) is 13.2 Å². The molecular weight excluding hydrogens is 326 g/mol. The van der Waals surface area contributed by atoms with E-state index in [4.69, 9.17) is 4.74 Å². The lowest BCUT2D eigenvalue weighted by Gasteiger charge is -2.35. The van der Waals surface area contributed by atoms with Crippen LogP contribution in [0.5, 0.6) is 0 Å². The molecule has 1 aromatic rings. The minimum absolute atomic E-state index is 0.237. The van der Waals surface area contributed by atoms with Crippen LogP contribution in [0.4, 0.5) is 17.6 Å². The fraction of sp³-hybridized carbons (Fsp3) is 0.647. The zero-order valence-electron chi connectivity index (χ0n) is 13.2. The highest BCUT2D eigenvalue weighted by Crippen LogP contribution is 2.50. The molecule has 0 bridgehead atoms. The van der Waals surface area contributed by atoms with E-state index in [-0.39, 0.29) is 5.56 Å². The number of benzene rings is 1. The normalized spacial score (nSPS) is 28.2. The lowest BCUT2D eigenvalue weighted by molar-refractivity contribution is -0.224. The van der Waals surface area contributed by atoms with Crippen molar-refractivity contribution in [2.75, 3.05) is 19.7 Å². The third kappa shape index (κ3) is 3.30. The molecule has 0 radical (unpaired) electrons. The van der Waals surface area contributed by atoms with Crippen LogP contribution in [0.25, 0.3) is 0 Å². The first-order valence-electron chi connectivity index (χ1n) is 8.17. The third-order valence-electron chi connectivity index (χ3n) is 5.21. The first-order chi connectivity index (χ1) is 11.4. The monoisotopic (exact) mass is 347 g/mol. The zero-order chi connectivity index (χ0) is 17.4. The molecule has 0 aromatic heterocycles. The maximum Gasteiger partial charge on any atom is 0.396 e. The van der Waals surface area contributed by atoms with E-state index in [1.54, 1.807) is 6.07 Å². The van der Waals surface area contributed by atoms with E-state index in [9.17, 15) is 22.7 Å². The van der Waals surface area contributed by atoms with Gasteiger partial charge < -0.3 is 15.2 Å². The molecule has 3 atom stereocenters. The number of piperidine rings is 1. The van der Waals surface area contributed by atoms with Crippen molar-refractivity contribution < 1.29 is 27.4 Å². The molecule has 2 aliphatic rings. The molecule has 0 saturated carbocycles. The number of hydrogen-bond donors (Lipinski definition) is 2. The molecule has 2 N–H and O–H groups in total. The number of halogens is 4. The van der Waals surface area contributed by atoms with E-state index in [0.717, 1.165) is 0 Å². The van der Waals surface area contributed by atoms with Crippen molar-refractivity contribution in [2.45, 2.75) is 43.1 Å². The van der Waals surface area contributed by atoms with Gasteiger partial charge in [0.15, 0.2) is 0 Å². The van der Waals surface area contributed by atoms with Crippen LogP contribution in [0.1, 0.15) is 30.7 Å². The molecule has 0 aliphatic carbocycles. The number of aliphatic hydroxyl groups is 1. The Hall–Kier alpha value is -1.18. The Labute approximate surface area is 138 Å². The molecule has 2 aliphatic heterocycles. The number of ether oxygens (including phenoxy) is 1. The lowest BCUT2D eigenvalue weighted by Crippen LogP contribution is -2.44. The van der Waals surface area contributed by atoms with Gasteiger partial charge in [-0.1, -0.05) is 18.2 Å². The minimum Gasteiger partial charge on any atom is -0.396 e. The van der Waals surface area contributed by atoms with Gasteiger partial charge in [-0.3, -0.25) is 0 Å². The fourth-order valence-electron chi connectivity index (χ4n) is 3.96. The van der Waals surface area contributed by atoms with Crippen molar-refractivity contribution in [3.8, 4) is 0 Å². The van der Waals surface area contributed by atoms with E-state index >= 15 is 0 Å². The molecule has 7 heteroatoms. The second-order valence-electron chi connectivity index (χ2n) is 6.68. The van der Waals surface area contributed by atoms with Gasteiger partial charge >= 0.3 is 6.18 Å². The predicted molar refractivity (Wildman–Crippen MR) is 80.1 cm³/mol. The molecule has 2 fully saturated rings. The molecule has 3 rings (SSSR count). The fourth-order valence-corrected chi connectivity index (χ4v) is 3.96. The van der Waals surface area contributed by atoms with Crippen LogP contribution >= 0.6 is 0 Å². The van der Waals surface area contributed by atoms with Crippen LogP contribution in [-0.4, -0.2) is 42.7 Å². The summed E-state index contributed by atoms with van der Waals surface area (Å²) in [6.45, 7) is 0.256. The molecule has 0 amide bonds. The van der Waals surface area contributed by atoms with Crippen LogP contribution in [0, 0.1) is 11.7 Å². The predicted octanol–water partition coefficient (Wildman–Crippen LogP) is 2.99. The van der Waals surface area contributed by atoms with Crippen molar-refractivity contribution in [3.05, 3.63) is 35.6 Å². The molecule has 2 saturated heterocycles. The van der Waals surface area contributed by atoms with Gasteiger partial charge in [0.05, 0.1) is 18.3 Å². The van der Waals surface area contributed by atoms with E-state index < -0.39 is 42.1 Å². The molecule has 2 unspecified atom stereocenters. The SMILES string of the molecule is OCC([C@@H]1OC2(CCNCC2)CC1c1ccccc1F)C(F)(F)F. The number of rotatable bonds is 3. The lowest BCUT2D eigenvalue weighted by atomic mass is 9.79. The van der Waals surface area contributed by atoms with Crippen LogP contribution < -0.4 is 5.32 Å². The third-order valence-corrected chi connectivity index (χ3v) is 5.21. The highest BCUT2D eigenvalue weighted by Gasteiger charge is 2.56. The second-order valence-corrected chi connectivity index (χ2v) is 6.68. The standard InChI is InChI=1S/C17H21F4NO2/c18-14-4-2-1-3-11(14)12-9-16(5-7-22-8-6-16)24-15(12)13(10-23)17(19,20)21/h1-4,12-13,15,22-23H,5-10H2/t12?,13?,15-/m1/s1. The summed E-state index contributed by atoms with van der Waals surface area (Å²) in [5, 5.41) is 12.5. The van der Waals surface area contributed by atoms with Crippen LogP contribution in [0.15, 0.2) is 24.3 Å². The van der Waals surface area contributed by atoms with Gasteiger partial charge in [-0.25, -0.2) is 4.39 Å². The summed E-state index contributed by atoms with van der Waals surface area (Å²) in [4.78, 5) is 0. The van der Waals surface area contributed by atoms with Gasteiger partial charge in [0.25, 0.3) is 0 Å². The second kappa shape index (κ2) is 6.61. The first-order valence-corrected chi connectivity index (χ1v) is 8.17. The van der Waals surface area contributed by atoms with Crippen molar-refractivity contribution in [3.63, 3.8) is 0 Å². The number of nitrogens with one attached hydrogen (secondary N) is 1. The molecule has 134 valence electrons. The van der Waals surface area contributed by atoms with Gasteiger partial charge in [-0.05, 0) is 44.0 Å². The van der Waals surface area contributed by atoms with Gasteiger partial charge in [-0.15, -0.1) is 0 Å².